The minimum atomic E-state index is -3.20. The lowest BCUT2D eigenvalue weighted by atomic mass is 9.89. The molecular formula is C22H20N2O5S. The summed E-state index contributed by atoms with van der Waals surface area (Å²) in [6.45, 7) is 0. The number of ketones is 2. The van der Waals surface area contributed by atoms with Crippen molar-refractivity contribution >= 4 is 27.3 Å². The number of hydrogen-bond acceptors (Lipinski definition) is 6. The molecule has 0 bridgehead atoms. The van der Waals surface area contributed by atoms with Crippen molar-refractivity contribution in [3.05, 3.63) is 82.7 Å². The molecule has 2 aromatic carbocycles. The number of nitrogens with zero attached hydrogens (tertiary/aromatic N) is 1. The Bertz CT molecular complexity index is 1190. The van der Waals surface area contributed by atoms with Gasteiger partial charge in [0.25, 0.3) is 5.91 Å². The van der Waals surface area contributed by atoms with Gasteiger partial charge in [-0.05, 0) is 18.6 Å². The molecule has 0 aromatic heterocycles. The molecule has 1 N–H and O–H groups in total. The van der Waals surface area contributed by atoms with Crippen LogP contribution in [0.25, 0.3) is 0 Å². The molecule has 7 nitrogen and oxygen atoms in total. The van der Waals surface area contributed by atoms with E-state index in [1.165, 1.54) is 4.90 Å². The summed E-state index contributed by atoms with van der Waals surface area (Å²) < 4.78 is 23.9. The number of sulfone groups is 1. The lowest BCUT2D eigenvalue weighted by Crippen LogP contribution is -2.43. The molecule has 1 heterocycles. The Labute approximate surface area is 174 Å². The van der Waals surface area contributed by atoms with E-state index in [1.807, 2.05) is 0 Å². The summed E-state index contributed by atoms with van der Waals surface area (Å²) in [4.78, 5) is 40.8. The van der Waals surface area contributed by atoms with Crippen molar-refractivity contribution in [3.63, 3.8) is 0 Å². The first-order valence-electron chi connectivity index (χ1n) is 9.51. The largest absolute Gasteiger partial charge is 0.366 e. The maximum absolute atomic E-state index is 13.3. The molecule has 1 saturated heterocycles. The first kappa shape index (κ1) is 20.0. The van der Waals surface area contributed by atoms with Crippen molar-refractivity contribution in [3.8, 4) is 0 Å². The Morgan fingerprint density at radius 1 is 0.967 bits per heavy atom. The van der Waals surface area contributed by atoms with Crippen molar-refractivity contribution in [1.82, 2.24) is 10.2 Å². The van der Waals surface area contributed by atoms with E-state index >= 15 is 0 Å². The number of carbonyl (C=O) groups excluding carboxylic acids is 3. The minimum Gasteiger partial charge on any atom is -0.366 e. The van der Waals surface area contributed by atoms with Gasteiger partial charge in [0.05, 0.1) is 11.5 Å². The van der Waals surface area contributed by atoms with E-state index in [2.05, 4.69) is 5.32 Å². The van der Waals surface area contributed by atoms with Gasteiger partial charge in [-0.1, -0.05) is 42.5 Å². The fraction of sp³-hybridized carbons (Fsp3) is 0.227. The van der Waals surface area contributed by atoms with Gasteiger partial charge in [-0.3, -0.25) is 14.4 Å². The smallest absolute Gasteiger partial charge is 0.255 e. The highest BCUT2D eigenvalue weighted by atomic mass is 32.2. The predicted octanol–water partition coefficient (Wildman–Crippen LogP) is 1.83. The van der Waals surface area contributed by atoms with Crippen LogP contribution in [0.4, 0.5) is 0 Å². The molecular weight excluding hydrogens is 404 g/mol. The average Bonchev–Trinajstić information content (AvgIpc) is 3.12. The van der Waals surface area contributed by atoms with Crippen LogP contribution in [0.1, 0.15) is 37.5 Å². The van der Waals surface area contributed by atoms with Gasteiger partial charge in [-0.2, -0.15) is 0 Å². The van der Waals surface area contributed by atoms with Gasteiger partial charge in [-0.25, -0.2) is 8.42 Å². The summed E-state index contributed by atoms with van der Waals surface area (Å²) in [5, 5.41) is 2.61. The number of amides is 1. The number of allylic oxidation sites excluding steroid dienone is 2. The summed E-state index contributed by atoms with van der Waals surface area (Å²) in [6.07, 6.45) is 0.353. The Balaban J connectivity index is 1.79. The molecule has 2 aliphatic rings. The standard InChI is InChI=1S/C22H20N2O5S/c1-24(15-11-12-30(28,29)13-15)19-18(23-22(27)14-7-3-2-4-8-14)20(25)16-9-5-6-10-17(16)21(19)26/h2-10,15H,11-13H2,1H3,(H,23,27)/t15-/m0/s1. The van der Waals surface area contributed by atoms with Gasteiger partial charge in [-0.15, -0.1) is 0 Å². The van der Waals surface area contributed by atoms with Crippen molar-refractivity contribution < 1.29 is 22.8 Å². The number of likely N-dealkylation sites (N-methyl/N-ethyl adjacent to an activating group) is 1. The van der Waals surface area contributed by atoms with Crippen LogP contribution in [0.3, 0.4) is 0 Å². The highest BCUT2D eigenvalue weighted by Gasteiger charge is 2.39. The summed E-state index contributed by atoms with van der Waals surface area (Å²) in [7, 11) is -1.61. The monoisotopic (exact) mass is 424 g/mol. The summed E-state index contributed by atoms with van der Waals surface area (Å²) >= 11 is 0. The molecule has 154 valence electrons. The minimum absolute atomic E-state index is 0.0186. The number of hydrogen-bond donors (Lipinski definition) is 1. The van der Waals surface area contributed by atoms with Gasteiger partial charge >= 0.3 is 0 Å². The average molecular weight is 424 g/mol. The zero-order valence-electron chi connectivity index (χ0n) is 16.3. The number of Topliss-reactive ketones (excluding diaryl/α,β-unsaturated/α-hetero) is 2. The third-order valence-electron chi connectivity index (χ3n) is 5.48. The van der Waals surface area contributed by atoms with E-state index in [0.29, 0.717) is 12.0 Å². The van der Waals surface area contributed by atoms with E-state index in [1.54, 1.807) is 61.6 Å². The second-order valence-electron chi connectivity index (χ2n) is 7.42. The number of nitrogens with one attached hydrogen (secondary N) is 1. The Hall–Kier alpha value is -3.26. The van der Waals surface area contributed by atoms with E-state index in [0.717, 1.165) is 0 Å². The Kier molecular flexibility index (Phi) is 5.03. The van der Waals surface area contributed by atoms with Gasteiger partial charge in [0.15, 0.2) is 9.84 Å². The zero-order valence-corrected chi connectivity index (χ0v) is 17.1. The predicted molar refractivity (Wildman–Crippen MR) is 111 cm³/mol. The van der Waals surface area contributed by atoms with Crippen molar-refractivity contribution in [2.75, 3.05) is 18.6 Å². The zero-order chi connectivity index (χ0) is 21.5. The van der Waals surface area contributed by atoms with Crippen LogP contribution in [0.2, 0.25) is 0 Å². The van der Waals surface area contributed by atoms with Gasteiger partial charge in [0.1, 0.15) is 11.4 Å². The van der Waals surface area contributed by atoms with E-state index in [9.17, 15) is 22.8 Å². The summed E-state index contributed by atoms with van der Waals surface area (Å²) in [5.74, 6) is -1.48. The van der Waals surface area contributed by atoms with Crippen LogP contribution in [-0.2, 0) is 9.84 Å². The molecule has 1 atom stereocenters. The number of rotatable bonds is 4. The van der Waals surface area contributed by atoms with Crippen LogP contribution in [0.15, 0.2) is 66.0 Å². The van der Waals surface area contributed by atoms with Crippen molar-refractivity contribution in [2.45, 2.75) is 12.5 Å². The number of fused-ring (bicyclic) bond motifs is 1. The maximum Gasteiger partial charge on any atom is 0.255 e. The van der Waals surface area contributed by atoms with Crippen LogP contribution in [0.5, 0.6) is 0 Å². The normalized spacial score (nSPS) is 20.1. The van der Waals surface area contributed by atoms with Crippen LogP contribution < -0.4 is 5.32 Å². The van der Waals surface area contributed by atoms with E-state index in [-0.39, 0.29) is 34.0 Å². The van der Waals surface area contributed by atoms with Crippen molar-refractivity contribution in [1.29, 1.82) is 0 Å². The summed E-state index contributed by atoms with van der Waals surface area (Å²) in [5.41, 5.74) is 0.684. The van der Waals surface area contributed by atoms with E-state index in [4.69, 9.17) is 0 Å². The Morgan fingerprint density at radius 2 is 1.57 bits per heavy atom. The highest BCUT2D eigenvalue weighted by Crippen LogP contribution is 2.30. The van der Waals surface area contributed by atoms with E-state index < -0.39 is 33.4 Å². The topological polar surface area (TPSA) is 101 Å². The molecule has 0 saturated carbocycles. The highest BCUT2D eigenvalue weighted by molar-refractivity contribution is 7.91. The fourth-order valence-corrected chi connectivity index (χ4v) is 5.63. The molecule has 1 aliphatic heterocycles. The van der Waals surface area contributed by atoms with Crippen molar-refractivity contribution in [2.24, 2.45) is 0 Å². The van der Waals surface area contributed by atoms with Gasteiger partial charge in [0, 0.05) is 29.8 Å². The molecule has 0 radical (unpaired) electrons. The summed E-state index contributed by atoms with van der Waals surface area (Å²) in [6, 6.07) is 14.3. The van der Waals surface area contributed by atoms with Crippen LogP contribution >= 0.6 is 0 Å². The first-order valence-corrected chi connectivity index (χ1v) is 11.3. The number of benzene rings is 2. The SMILES string of the molecule is CN(C1=C(NC(=O)c2ccccc2)C(=O)c2ccccc2C1=O)[C@H]1CCS(=O)(=O)C1. The second kappa shape index (κ2) is 7.53. The lowest BCUT2D eigenvalue weighted by Gasteiger charge is -2.32. The second-order valence-corrected chi connectivity index (χ2v) is 9.64. The lowest BCUT2D eigenvalue weighted by molar-refractivity contribution is 0.0900. The third-order valence-corrected chi connectivity index (χ3v) is 7.23. The Morgan fingerprint density at radius 3 is 2.17 bits per heavy atom. The number of carbonyl (C=O) groups is 3. The molecule has 4 rings (SSSR count). The third kappa shape index (κ3) is 3.54. The van der Waals surface area contributed by atoms with Gasteiger partial charge < -0.3 is 10.2 Å². The first-order chi connectivity index (χ1) is 14.3. The maximum atomic E-state index is 13.3. The molecule has 0 spiro atoms. The molecule has 0 unspecified atom stereocenters. The molecule has 8 heteroatoms. The molecule has 1 fully saturated rings. The van der Waals surface area contributed by atoms with Crippen LogP contribution in [-0.4, -0.2) is 55.4 Å². The molecule has 1 amide bonds. The van der Waals surface area contributed by atoms with Gasteiger partial charge in [0.2, 0.25) is 11.6 Å². The fourth-order valence-electron chi connectivity index (χ4n) is 3.85. The quantitative estimate of drug-likeness (QED) is 0.804. The molecule has 1 aliphatic carbocycles. The molecule has 30 heavy (non-hydrogen) atoms. The van der Waals surface area contributed by atoms with Crippen LogP contribution in [0, 0.1) is 0 Å². The molecule has 2 aromatic rings.